The van der Waals surface area contributed by atoms with Crippen LogP contribution in [-0.4, -0.2) is 40.4 Å². The van der Waals surface area contributed by atoms with E-state index in [9.17, 15) is 14.7 Å². The van der Waals surface area contributed by atoms with Crippen molar-refractivity contribution in [2.45, 2.75) is 52.6 Å². The Morgan fingerprint density at radius 1 is 1.09 bits per heavy atom. The maximum atomic E-state index is 12.9. The highest BCUT2D eigenvalue weighted by Crippen LogP contribution is 2.26. The lowest BCUT2D eigenvalue weighted by Crippen LogP contribution is -2.47. The van der Waals surface area contributed by atoms with Crippen molar-refractivity contribution in [3.63, 3.8) is 0 Å². The van der Waals surface area contributed by atoms with Crippen molar-refractivity contribution in [1.29, 1.82) is 0 Å². The van der Waals surface area contributed by atoms with Gasteiger partial charge in [0.25, 0.3) is 0 Å². The van der Waals surface area contributed by atoms with Gasteiger partial charge in [0, 0.05) is 18.5 Å². The van der Waals surface area contributed by atoms with E-state index < -0.39 is 12.0 Å². The van der Waals surface area contributed by atoms with Crippen molar-refractivity contribution in [1.82, 2.24) is 10.3 Å². The number of rotatable bonds is 10. The van der Waals surface area contributed by atoms with Crippen LogP contribution in [0.4, 0.5) is 0 Å². The van der Waals surface area contributed by atoms with E-state index >= 15 is 0 Å². The van der Waals surface area contributed by atoms with Gasteiger partial charge in [0.2, 0.25) is 5.91 Å². The number of unbranched alkanes of at least 4 members (excludes halogenated alkanes) is 1. The van der Waals surface area contributed by atoms with Crippen LogP contribution in [0.2, 0.25) is 0 Å². The van der Waals surface area contributed by atoms with Crippen molar-refractivity contribution >= 4 is 17.7 Å². The number of nitrogens with zero attached hydrogens (tertiary/aromatic N) is 4. The van der Waals surface area contributed by atoms with Crippen LogP contribution in [0.3, 0.4) is 0 Å². The van der Waals surface area contributed by atoms with Crippen molar-refractivity contribution in [2.24, 2.45) is 21.2 Å². The van der Waals surface area contributed by atoms with Gasteiger partial charge in [0.1, 0.15) is 6.04 Å². The minimum Gasteiger partial charge on any atom is -0.480 e. The molecule has 2 aromatic carbocycles. The molecule has 2 aromatic rings. The zero-order chi connectivity index (χ0) is 23.8. The highest BCUT2D eigenvalue weighted by molar-refractivity contribution is 6.04. The molecule has 8 heteroatoms. The summed E-state index contributed by atoms with van der Waals surface area (Å²) < 4.78 is 0. The number of carboxylic acids is 1. The Morgan fingerprint density at radius 3 is 2.36 bits per heavy atom. The zero-order valence-corrected chi connectivity index (χ0v) is 19.4. The van der Waals surface area contributed by atoms with Crippen molar-refractivity contribution in [2.75, 3.05) is 6.67 Å². The van der Waals surface area contributed by atoms with Crippen molar-refractivity contribution < 1.29 is 14.7 Å². The van der Waals surface area contributed by atoms with E-state index in [0.29, 0.717) is 12.3 Å². The maximum absolute atomic E-state index is 12.9. The van der Waals surface area contributed by atoms with Crippen LogP contribution in [0.25, 0.3) is 11.1 Å². The van der Waals surface area contributed by atoms with Crippen LogP contribution in [0.15, 0.2) is 63.9 Å². The molecule has 1 atom stereocenters. The fraction of sp³-hybridized carbons (Fsp3) is 0.400. The standard InChI is InChI=1S/C25H31N5O3/c1-4-5-10-22(31)30(23(17(2)3)25(32)33)15-18-11-13-19(14-12-18)20-8-6-7-9-21(20)24-26-16-27-29-28-24/h6-9,11-14,17,23H,4-5,10,15-16H2,1-3H3,(H,32,33)(H,26,27,28)/t23-/m0/s1. The Bertz CT molecular complexity index is 1030. The summed E-state index contributed by atoms with van der Waals surface area (Å²) in [5.41, 5.74) is 6.64. The summed E-state index contributed by atoms with van der Waals surface area (Å²) >= 11 is 0. The Morgan fingerprint density at radius 2 is 1.79 bits per heavy atom. The second-order valence-electron chi connectivity index (χ2n) is 8.40. The number of aliphatic carboxylic acids is 1. The molecule has 1 amide bonds. The maximum Gasteiger partial charge on any atom is 0.326 e. The van der Waals surface area contributed by atoms with Crippen LogP contribution < -0.4 is 5.43 Å². The molecule has 0 unspecified atom stereocenters. The molecule has 3 rings (SSSR count). The first-order valence-electron chi connectivity index (χ1n) is 11.3. The highest BCUT2D eigenvalue weighted by atomic mass is 16.4. The number of benzene rings is 2. The monoisotopic (exact) mass is 449 g/mol. The van der Waals surface area contributed by atoms with Gasteiger partial charge in [0.05, 0.1) is 0 Å². The summed E-state index contributed by atoms with van der Waals surface area (Å²) in [4.78, 5) is 30.7. The van der Waals surface area contributed by atoms with Gasteiger partial charge in [-0.3, -0.25) is 4.79 Å². The van der Waals surface area contributed by atoms with Crippen molar-refractivity contribution in [3.8, 4) is 11.1 Å². The van der Waals surface area contributed by atoms with Gasteiger partial charge in [-0.05, 0) is 29.0 Å². The first-order chi connectivity index (χ1) is 15.9. The number of carbonyl (C=O) groups excluding carboxylic acids is 1. The van der Waals surface area contributed by atoms with E-state index in [4.69, 9.17) is 0 Å². The molecule has 174 valence electrons. The highest BCUT2D eigenvalue weighted by Gasteiger charge is 2.32. The molecule has 1 aliphatic heterocycles. The average molecular weight is 450 g/mol. The molecule has 0 radical (unpaired) electrons. The minimum atomic E-state index is -0.974. The largest absolute Gasteiger partial charge is 0.480 e. The fourth-order valence-electron chi connectivity index (χ4n) is 3.92. The zero-order valence-electron chi connectivity index (χ0n) is 19.4. The summed E-state index contributed by atoms with van der Waals surface area (Å²) in [7, 11) is 0. The summed E-state index contributed by atoms with van der Waals surface area (Å²) in [6.07, 6.45) is 1.98. The first kappa shape index (κ1) is 24.1. The quantitative estimate of drug-likeness (QED) is 0.550. The smallest absolute Gasteiger partial charge is 0.326 e. The molecule has 8 nitrogen and oxygen atoms in total. The fourth-order valence-corrected chi connectivity index (χ4v) is 3.92. The van der Waals surface area contributed by atoms with Gasteiger partial charge in [-0.25, -0.2) is 15.2 Å². The van der Waals surface area contributed by atoms with E-state index in [0.717, 1.165) is 35.1 Å². The number of carbonyl (C=O) groups is 2. The van der Waals surface area contributed by atoms with E-state index in [1.165, 1.54) is 4.90 Å². The summed E-state index contributed by atoms with van der Waals surface area (Å²) in [5, 5.41) is 17.5. The van der Waals surface area contributed by atoms with Crippen LogP contribution >= 0.6 is 0 Å². The molecule has 0 saturated heterocycles. The molecule has 33 heavy (non-hydrogen) atoms. The molecule has 0 bridgehead atoms. The Labute approximate surface area is 194 Å². The average Bonchev–Trinajstić information content (AvgIpc) is 2.82. The Hall–Kier alpha value is -3.55. The third-order valence-corrected chi connectivity index (χ3v) is 5.60. The summed E-state index contributed by atoms with van der Waals surface area (Å²) in [6.45, 7) is 6.23. The third kappa shape index (κ3) is 6.03. The molecule has 0 saturated carbocycles. The predicted molar refractivity (Wildman–Crippen MR) is 128 cm³/mol. The lowest BCUT2D eigenvalue weighted by Gasteiger charge is -2.32. The second kappa shape index (κ2) is 11.4. The minimum absolute atomic E-state index is 0.122. The Kier molecular flexibility index (Phi) is 8.29. The van der Waals surface area contributed by atoms with E-state index in [1.807, 2.05) is 69.3 Å². The predicted octanol–water partition coefficient (Wildman–Crippen LogP) is 4.66. The van der Waals surface area contributed by atoms with Crippen molar-refractivity contribution in [3.05, 3.63) is 59.7 Å². The van der Waals surface area contributed by atoms with Gasteiger partial charge in [-0.1, -0.05) is 80.9 Å². The topological polar surface area (TPSA) is 107 Å². The van der Waals surface area contributed by atoms with Crippen LogP contribution in [0.5, 0.6) is 0 Å². The summed E-state index contributed by atoms with van der Waals surface area (Å²) in [6, 6.07) is 14.9. The van der Waals surface area contributed by atoms with Crippen LogP contribution in [0, 0.1) is 5.92 Å². The van der Waals surface area contributed by atoms with E-state index in [2.05, 4.69) is 20.8 Å². The number of hydrogen-bond donors (Lipinski definition) is 2. The van der Waals surface area contributed by atoms with E-state index in [-0.39, 0.29) is 25.0 Å². The molecule has 0 aromatic heterocycles. The van der Waals surface area contributed by atoms with E-state index in [1.54, 1.807) is 0 Å². The van der Waals surface area contributed by atoms with Gasteiger partial charge in [-0.15, -0.1) is 5.11 Å². The number of amidine groups is 1. The van der Waals surface area contributed by atoms with Crippen LogP contribution in [0.1, 0.15) is 51.2 Å². The molecule has 1 heterocycles. The van der Waals surface area contributed by atoms with Crippen LogP contribution in [-0.2, 0) is 16.1 Å². The summed E-state index contributed by atoms with van der Waals surface area (Å²) in [5.74, 6) is -0.625. The van der Waals surface area contributed by atoms with Gasteiger partial charge >= 0.3 is 5.97 Å². The number of aliphatic imine (C=N–C) groups is 1. The first-order valence-corrected chi connectivity index (χ1v) is 11.3. The second-order valence-corrected chi connectivity index (χ2v) is 8.40. The lowest BCUT2D eigenvalue weighted by atomic mass is 9.97. The van der Waals surface area contributed by atoms with Gasteiger partial charge < -0.3 is 10.0 Å². The number of amides is 1. The van der Waals surface area contributed by atoms with Gasteiger partial charge in [-0.2, -0.15) is 0 Å². The SMILES string of the molecule is CCCCC(=O)N(Cc1ccc(-c2ccccc2C2=NCN=NN2)cc1)[C@H](C(=O)O)C(C)C. The number of nitrogens with one attached hydrogen (secondary N) is 1. The van der Waals surface area contributed by atoms with Gasteiger partial charge in [0.15, 0.2) is 12.5 Å². The molecular weight excluding hydrogens is 418 g/mol. The number of carboxylic acid groups (broad SMARTS) is 1. The lowest BCUT2D eigenvalue weighted by molar-refractivity contribution is -0.153. The molecular formula is C25H31N5O3. The molecule has 0 spiro atoms. The Balaban J connectivity index is 1.86. The molecule has 0 fully saturated rings. The molecule has 0 aliphatic carbocycles. The molecule has 2 N–H and O–H groups in total. The normalized spacial score (nSPS) is 13.9. The third-order valence-electron chi connectivity index (χ3n) is 5.60. The number of hydrogen-bond acceptors (Lipinski definition) is 6. The molecule has 1 aliphatic rings.